The second kappa shape index (κ2) is 3.79. The molecule has 4 nitrogen and oxygen atoms in total. The van der Waals surface area contributed by atoms with Gasteiger partial charge in [0, 0.05) is 10.6 Å². The van der Waals surface area contributed by atoms with Crippen LogP contribution < -0.4 is 9.92 Å². The van der Waals surface area contributed by atoms with E-state index in [4.69, 9.17) is 5.73 Å². The van der Waals surface area contributed by atoms with Gasteiger partial charge in [-0.2, -0.15) is 0 Å². The molecule has 66 valence electrons. The third kappa shape index (κ3) is 2.40. The van der Waals surface area contributed by atoms with Crippen LogP contribution in [-0.2, 0) is 11.4 Å². The van der Waals surface area contributed by atoms with Gasteiger partial charge >= 0.3 is 0 Å². The Labute approximate surface area is 77.6 Å². The minimum absolute atomic E-state index is 0.167. The molecule has 2 N–H and O–H groups in total. The van der Waals surface area contributed by atoms with E-state index in [1.165, 1.54) is 18.2 Å². The summed E-state index contributed by atoms with van der Waals surface area (Å²) in [6.07, 6.45) is 0. The largest absolute Gasteiger partial charge is 0.740 e. The predicted molar refractivity (Wildman–Crippen MR) is 47.7 cm³/mol. The Morgan fingerprint density at radius 2 is 2.25 bits per heavy atom. The molecular weight excluding hydrogens is 198 g/mol. The van der Waals surface area contributed by atoms with Gasteiger partial charge in [0.05, 0.1) is 0 Å². The third-order valence-corrected chi connectivity index (χ3v) is 1.81. The Morgan fingerprint density at radius 1 is 1.58 bits per heavy atom. The van der Waals surface area contributed by atoms with Crippen molar-refractivity contribution in [2.45, 2.75) is 4.90 Å². The Hall–Kier alpha value is -0.720. The molecule has 6 heteroatoms. The zero-order valence-corrected chi connectivity index (χ0v) is 7.60. The fourth-order valence-electron chi connectivity index (χ4n) is 0.678. The van der Waals surface area contributed by atoms with Gasteiger partial charge in [-0.25, -0.2) is 4.21 Å². The van der Waals surface area contributed by atoms with Crippen molar-refractivity contribution in [2.24, 2.45) is 0 Å². The van der Waals surface area contributed by atoms with Gasteiger partial charge in [0.1, 0.15) is 11.4 Å². The van der Waals surface area contributed by atoms with Gasteiger partial charge in [0.2, 0.25) is 0 Å². The number of anilines is 1. The first-order valence-corrected chi connectivity index (χ1v) is 4.40. The zero-order chi connectivity index (χ0) is 9.14. The van der Waals surface area contributed by atoms with E-state index in [9.17, 15) is 8.76 Å². The SMILES string of the molecule is Nc1ccc(OS(=O)[O-])c(S)c1. The lowest BCUT2D eigenvalue weighted by atomic mass is 10.3. The molecule has 1 unspecified atom stereocenters. The zero-order valence-electron chi connectivity index (χ0n) is 5.89. The van der Waals surface area contributed by atoms with Gasteiger partial charge in [0.25, 0.3) is 0 Å². The van der Waals surface area contributed by atoms with Gasteiger partial charge in [-0.1, -0.05) is 0 Å². The second-order valence-corrected chi connectivity index (χ2v) is 3.07. The summed E-state index contributed by atoms with van der Waals surface area (Å²) in [6, 6.07) is 4.47. The van der Waals surface area contributed by atoms with Crippen LogP contribution in [0.2, 0.25) is 0 Å². The van der Waals surface area contributed by atoms with E-state index in [-0.39, 0.29) is 5.75 Å². The van der Waals surface area contributed by atoms with Crippen molar-refractivity contribution in [1.82, 2.24) is 0 Å². The van der Waals surface area contributed by atoms with Gasteiger partial charge in [-0.05, 0) is 18.2 Å². The van der Waals surface area contributed by atoms with Gasteiger partial charge in [0.15, 0.2) is 5.75 Å². The fraction of sp³-hybridized carbons (Fsp3) is 0. The molecule has 0 bridgehead atoms. The lowest BCUT2D eigenvalue weighted by molar-refractivity contribution is 0.436. The first kappa shape index (κ1) is 9.37. The number of hydrogen-bond donors (Lipinski definition) is 2. The van der Waals surface area contributed by atoms with Crippen LogP contribution in [0.4, 0.5) is 5.69 Å². The second-order valence-electron chi connectivity index (χ2n) is 2.01. The van der Waals surface area contributed by atoms with E-state index in [2.05, 4.69) is 16.8 Å². The van der Waals surface area contributed by atoms with Crippen molar-refractivity contribution in [3.63, 3.8) is 0 Å². The van der Waals surface area contributed by atoms with E-state index < -0.39 is 11.4 Å². The molecule has 0 aromatic heterocycles. The van der Waals surface area contributed by atoms with Crippen LogP contribution in [0.3, 0.4) is 0 Å². The van der Waals surface area contributed by atoms with E-state index >= 15 is 0 Å². The molecular formula is C6H6NO3S2-. The molecule has 0 fully saturated rings. The summed E-state index contributed by atoms with van der Waals surface area (Å²) < 4.78 is 24.6. The number of thiol groups is 1. The molecule has 0 saturated carbocycles. The van der Waals surface area contributed by atoms with E-state index in [1.54, 1.807) is 0 Å². The average molecular weight is 204 g/mol. The number of nitrogens with two attached hydrogens (primary N) is 1. The minimum atomic E-state index is -2.57. The van der Waals surface area contributed by atoms with Crippen LogP contribution >= 0.6 is 12.6 Å². The molecule has 1 aromatic rings. The fourth-order valence-corrected chi connectivity index (χ4v) is 1.30. The maximum absolute atomic E-state index is 10.1. The molecule has 0 radical (unpaired) electrons. The minimum Gasteiger partial charge on any atom is -0.740 e. The summed E-state index contributed by atoms with van der Waals surface area (Å²) in [7, 11) is 0. The molecule has 0 aliphatic heterocycles. The van der Waals surface area contributed by atoms with Crippen molar-refractivity contribution in [1.29, 1.82) is 0 Å². The molecule has 1 rings (SSSR count). The summed E-state index contributed by atoms with van der Waals surface area (Å²) in [6.45, 7) is 0. The Bertz CT molecular complexity index is 316. The smallest absolute Gasteiger partial charge is 0.152 e. The lowest BCUT2D eigenvalue weighted by Crippen LogP contribution is -1.98. The molecule has 0 saturated heterocycles. The number of nitrogen functional groups attached to an aromatic ring is 1. The van der Waals surface area contributed by atoms with Gasteiger partial charge in [-0.3, -0.25) is 0 Å². The highest BCUT2D eigenvalue weighted by Gasteiger charge is 1.99. The lowest BCUT2D eigenvalue weighted by Gasteiger charge is -2.08. The van der Waals surface area contributed by atoms with Crippen molar-refractivity contribution < 1.29 is 12.9 Å². The van der Waals surface area contributed by atoms with Gasteiger partial charge < -0.3 is 14.5 Å². The maximum Gasteiger partial charge on any atom is 0.152 e. The Kier molecular flexibility index (Phi) is 2.96. The highest BCUT2D eigenvalue weighted by atomic mass is 32.2. The molecule has 1 aromatic carbocycles. The summed E-state index contributed by atoms with van der Waals surface area (Å²) in [5.74, 6) is 0.167. The van der Waals surface area contributed by atoms with E-state index in [0.717, 1.165) is 0 Å². The van der Waals surface area contributed by atoms with Crippen molar-refractivity contribution in [3.8, 4) is 5.75 Å². The van der Waals surface area contributed by atoms with Crippen LogP contribution in [0.1, 0.15) is 0 Å². The average Bonchev–Trinajstić information content (AvgIpc) is 1.94. The molecule has 0 amide bonds. The third-order valence-electron chi connectivity index (χ3n) is 1.14. The molecule has 0 aliphatic rings. The van der Waals surface area contributed by atoms with Crippen LogP contribution in [0.15, 0.2) is 23.1 Å². The molecule has 0 aliphatic carbocycles. The first-order valence-electron chi connectivity index (χ1n) is 2.95. The normalized spacial score (nSPS) is 12.5. The van der Waals surface area contributed by atoms with Crippen molar-refractivity contribution in [2.75, 3.05) is 5.73 Å². The van der Waals surface area contributed by atoms with Crippen molar-refractivity contribution >= 4 is 29.7 Å². The standard InChI is InChI=1S/C6H7NO3S2/c7-4-1-2-5(6(11)3-4)10-12(8)9/h1-3,11H,7H2,(H,8,9)/p-1. The van der Waals surface area contributed by atoms with E-state index in [0.29, 0.717) is 10.6 Å². The number of benzene rings is 1. The topological polar surface area (TPSA) is 75.4 Å². The summed E-state index contributed by atoms with van der Waals surface area (Å²) in [5, 5.41) is 0. The summed E-state index contributed by atoms with van der Waals surface area (Å²) >= 11 is 1.39. The highest BCUT2D eigenvalue weighted by molar-refractivity contribution is 7.80. The summed E-state index contributed by atoms with van der Waals surface area (Å²) in [5.41, 5.74) is 5.90. The van der Waals surface area contributed by atoms with E-state index in [1.807, 2.05) is 0 Å². The molecule has 0 heterocycles. The van der Waals surface area contributed by atoms with Crippen LogP contribution in [0.25, 0.3) is 0 Å². The molecule has 1 atom stereocenters. The number of hydrogen-bond acceptors (Lipinski definition) is 5. The van der Waals surface area contributed by atoms with Gasteiger partial charge in [-0.15, -0.1) is 12.6 Å². The molecule has 0 spiro atoms. The predicted octanol–water partition coefficient (Wildman–Crippen LogP) is 0.730. The first-order chi connectivity index (χ1) is 5.59. The van der Waals surface area contributed by atoms with Crippen LogP contribution in [0, 0.1) is 0 Å². The van der Waals surface area contributed by atoms with Crippen LogP contribution in [0.5, 0.6) is 5.75 Å². The maximum atomic E-state index is 10.1. The highest BCUT2D eigenvalue weighted by Crippen LogP contribution is 2.24. The Morgan fingerprint density at radius 3 is 2.75 bits per heavy atom. The summed E-state index contributed by atoms with van der Waals surface area (Å²) in [4.78, 5) is 0.388. The monoisotopic (exact) mass is 204 g/mol. The number of rotatable bonds is 2. The van der Waals surface area contributed by atoms with Crippen molar-refractivity contribution in [3.05, 3.63) is 18.2 Å². The Balaban J connectivity index is 2.93. The molecule has 12 heavy (non-hydrogen) atoms. The van der Waals surface area contributed by atoms with Crippen LogP contribution in [-0.4, -0.2) is 8.76 Å². The quantitative estimate of drug-likeness (QED) is 0.423.